The largest absolute Gasteiger partial charge is 0.417 e. The highest BCUT2D eigenvalue weighted by atomic mass is 79.9. The van der Waals surface area contributed by atoms with Crippen LogP contribution in [0.5, 0.6) is 0 Å². The van der Waals surface area contributed by atoms with E-state index in [0.29, 0.717) is 6.42 Å². The quantitative estimate of drug-likeness (QED) is 0.727. The molecule has 0 saturated heterocycles. The molecule has 0 radical (unpaired) electrons. The molecule has 0 N–H and O–H groups in total. The van der Waals surface area contributed by atoms with Gasteiger partial charge in [0.25, 0.3) is 0 Å². The van der Waals surface area contributed by atoms with Gasteiger partial charge in [0.05, 0.1) is 5.56 Å². The molecular formula is C14H10BrF3. The number of alkyl halides is 3. The van der Waals surface area contributed by atoms with Gasteiger partial charge in [-0.25, -0.2) is 0 Å². The van der Waals surface area contributed by atoms with Gasteiger partial charge in [0.15, 0.2) is 0 Å². The third-order valence-corrected chi connectivity index (χ3v) is 3.25. The van der Waals surface area contributed by atoms with Crippen molar-refractivity contribution >= 4 is 15.9 Å². The summed E-state index contributed by atoms with van der Waals surface area (Å²) in [7, 11) is 0. The smallest absolute Gasteiger partial charge is 0.166 e. The summed E-state index contributed by atoms with van der Waals surface area (Å²) >= 11 is 2.98. The molecule has 0 spiro atoms. The lowest BCUT2D eigenvalue weighted by molar-refractivity contribution is -0.138. The van der Waals surface area contributed by atoms with Crippen LogP contribution >= 0.6 is 15.9 Å². The highest BCUT2D eigenvalue weighted by Crippen LogP contribution is 2.35. The first-order valence-corrected chi connectivity index (χ1v) is 6.15. The second-order valence-electron chi connectivity index (χ2n) is 3.97. The third kappa shape index (κ3) is 3.13. The molecule has 0 heterocycles. The van der Waals surface area contributed by atoms with Gasteiger partial charge in [0, 0.05) is 4.47 Å². The number of hydrogen-bond acceptors (Lipinski definition) is 0. The number of benzene rings is 2. The number of rotatable bonds is 2. The molecule has 0 aliphatic heterocycles. The fraction of sp³-hybridized carbons (Fsp3) is 0.143. The second-order valence-corrected chi connectivity index (χ2v) is 4.83. The minimum absolute atomic E-state index is 0.0865. The normalized spacial score (nSPS) is 11.6. The Morgan fingerprint density at radius 3 is 2.11 bits per heavy atom. The Morgan fingerprint density at radius 2 is 1.56 bits per heavy atom. The molecule has 2 rings (SSSR count). The average molecular weight is 315 g/mol. The van der Waals surface area contributed by atoms with Crippen LogP contribution in [0.1, 0.15) is 16.7 Å². The molecule has 2 aromatic carbocycles. The van der Waals surface area contributed by atoms with Gasteiger partial charge in [0.1, 0.15) is 0 Å². The molecule has 0 fully saturated rings. The molecule has 0 unspecified atom stereocenters. The number of hydrogen-bond donors (Lipinski definition) is 0. The van der Waals surface area contributed by atoms with Gasteiger partial charge >= 0.3 is 6.18 Å². The topological polar surface area (TPSA) is 0 Å². The molecule has 0 saturated carbocycles. The Bertz CT molecular complexity index is 532. The SMILES string of the molecule is FC(F)(F)c1ccc(Cc2ccccc2)cc1Br. The van der Waals surface area contributed by atoms with Crippen molar-refractivity contribution < 1.29 is 13.2 Å². The van der Waals surface area contributed by atoms with Crippen molar-refractivity contribution in [1.82, 2.24) is 0 Å². The van der Waals surface area contributed by atoms with Gasteiger partial charge in [-0.15, -0.1) is 0 Å². The maximum absolute atomic E-state index is 12.6. The van der Waals surface area contributed by atoms with Crippen LogP contribution in [0.15, 0.2) is 53.0 Å². The van der Waals surface area contributed by atoms with Gasteiger partial charge in [-0.05, 0) is 29.7 Å². The fourth-order valence-corrected chi connectivity index (χ4v) is 2.38. The third-order valence-electron chi connectivity index (χ3n) is 2.59. The lowest BCUT2D eigenvalue weighted by Crippen LogP contribution is -2.06. The minimum Gasteiger partial charge on any atom is -0.166 e. The van der Waals surface area contributed by atoms with E-state index in [4.69, 9.17) is 0 Å². The van der Waals surface area contributed by atoms with E-state index in [9.17, 15) is 13.2 Å². The van der Waals surface area contributed by atoms with Crippen LogP contribution in [-0.4, -0.2) is 0 Å². The van der Waals surface area contributed by atoms with Crippen molar-refractivity contribution in [1.29, 1.82) is 0 Å². The summed E-state index contributed by atoms with van der Waals surface area (Å²) in [4.78, 5) is 0. The Hall–Kier alpha value is -1.29. The highest BCUT2D eigenvalue weighted by Gasteiger charge is 2.32. The van der Waals surface area contributed by atoms with Crippen molar-refractivity contribution in [2.24, 2.45) is 0 Å². The predicted octanol–water partition coefficient (Wildman–Crippen LogP) is 5.06. The average Bonchev–Trinajstić information content (AvgIpc) is 2.28. The van der Waals surface area contributed by atoms with Crippen molar-refractivity contribution in [3.05, 3.63) is 69.7 Å². The van der Waals surface area contributed by atoms with Crippen LogP contribution in [0.4, 0.5) is 13.2 Å². The molecule has 4 heteroatoms. The Labute approximate surface area is 112 Å². The lowest BCUT2D eigenvalue weighted by atomic mass is 10.0. The van der Waals surface area contributed by atoms with Crippen molar-refractivity contribution in [3.8, 4) is 0 Å². The molecule has 18 heavy (non-hydrogen) atoms. The minimum atomic E-state index is -4.32. The van der Waals surface area contributed by atoms with Gasteiger partial charge in [-0.1, -0.05) is 52.3 Å². The van der Waals surface area contributed by atoms with Crippen LogP contribution in [0.2, 0.25) is 0 Å². The zero-order valence-corrected chi connectivity index (χ0v) is 10.9. The van der Waals surface area contributed by atoms with E-state index in [1.54, 1.807) is 0 Å². The first kappa shape index (κ1) is 13.1. The first-order chi connectivity index (χ1) is 8.47. The fourth-order valence-electron chi connectivity index (χ4n) is 1.73. The summed E-state index contributed by atoms with van der Waals surface area (Å²) in [6.45, 7) is 0. The molecule has 0 atom stereocenters. The molecule has 0 nitrogen and oxygen atoms in total. The van der Waals surface area contributed by atoms with Crippen LogP contribution in [0, 0.1) is 0 Å². The van der Waals surface area contributed by atoms with E-state index >= 15 is 0 Å². The van der Waals surface area contributed by atoms with E-state index in [1.165, 1.54) is 12.1 Å². The summed E-state index contributed by atoms with van der Waals surface area (Å²) in [5.74, 6) is 0. The van der Waals surface area contributed by atoms with Crippen LogP contribution in [0.3, 0.4) is 0 Å². The molecule has 0 bridgehead atoms. The monoisotopic (exact) mass is 314 g/mol. The lowest BCUT2D eigenvalue weighted by Gasteiger charge is -2.10. The summed E-state index contributed by atoms with van der Waals surface area (Å²) in [5, 5.41) is 0. The zero-order valence-electron chi connectivity index (χ0n) is 9.34. The maximum Gasteiger partial charge on any atom is 0.417 e. The van der Waals surface area contributed by atoms with Gasteiger partial charge in [0.2, 0.25) is 0 Å². The zero-order chi connectivity index (χ0) is 13.2. The molecule has 0 aromatic heterocycles. The second kappa shape index (κ2) is 5.14. The standard InChI is InChI=1S/C14H10BrF3/c15-13-9-11(6-7-12(13)14(16,17)18)8-10-4-2-1-3-5-10/h1-7,9H,8H2. The van der Waals surface area contributed by atoms with Crippen molar-refractivity contribution in [2.45, 2.75) is 12.6 Å². The van der Waals surface area contributed by atoms with Gasteiger partial charge in [-0.3, -0.25) is 0 Å². The summed E-state index contributed by atoms with van der Waals surface area (Å²) in [6, 6.07) is 13.8. The van der Waals surface area contributed by atoms with Gasteiger partial charge in [-0.2, -0.15) is 13.2 Å². The van der Waals surface area contributed by atoms with Gasteiger partial charge < -0.3 is 0 Å². The Morgan fingerprint density at radius 1 is 0.889 bits per heavy atom. The van der Waals surface area contributed by atoms with Crippen molar-refractivity contribution in [3.63, 3.8) is 0 Å². The van der Waals surface area contributed by atoms with Crippen LogP contribution in [-0.2, 0) is 12.6 Å². The van der Waals surface area contributed by atoms with E-state index in [-0.39, 0.29) is 4.47 Å². The van der Waals surface area contributed by atoms with E-state index in [1.807, 2.05) is 30.3 Å². The molecular weight excluding hydrogens is 305 g/mol. The maximum atomic E-state index is 12.6. The Balaban J connectivity index is 2.25. The summed E-state index contributed by atoms with van der Waals surface area (Å²) in [5.41, 5.74) is 1.28. The van der Waals surface area contributed by atoms with Crippen LogP contribution in [0.25, 0.3) is 0 Å². The van der Waals surface area contributed by atoms with Crippen LogP contribution < -0.4 is 0 Å². The molecule has 0 aliphatic carbocycles. The van der Waals surface area contributed by atoms with E-state index < -0.39 is 11.7 Å². The number of halogens is 4. The molecule has 0 amide bonds. The first-order valence-electron chi connectivity index (χ1n) is 5.36. The molecule has 2 aromatic rings. The molecule has 94 valence electrons. The van der Waals surface area contributed by atoms with E-state index in [2.05, 4.69) is 15.9 Å². The summed E-state index contributed by atoms with van der Waals surface area (Å²) in [6.07, 6.45) is -3.69. The van der Waals surface area contributed by atoms with E-state index in [0.717, 1.165) is 17.2 Å². The van der Waals surface area contributed by atoms with Crippen molar-refractivity contribution in [2.75, 3.05) is 0 Å². The Kier molecular flexibility index (Phi) is 3.76. The highest BCUT2D eigenvalue weighted by molar-refractivity contribution is 9.10. The summed E-state index contributed by atoms with van der Waals surface area (Å²) < 4.78 is 37.8. The molecule has 0 aliphatic rings. The predicted molar refractivity (Wildman–Crippen MR) is 68.4 cm³/mol.